The van der Waals surface area contributed by atoms with Crippen LogP contribution in [0.2, 0.25) is 5.02 Å². The number of halogens is 1. The summed E-state index contributed by atoms with van der Waals surface area (Å²) in [5.41, 5.74) is 5.78. The van der Waals surface area contributed by atoms with Crippen molar-refractivity contribution >= 4 is 28.5 Å². The van der Waals surface area contributed by atoms with Crippen LogP contribution in [0.15, 0.2) is 72.8 Å². The van der Waals surface area contributed by atoms with E-state index >= 15 is 0 Å². The van der Waals surface area contributed by atoms with Crippen LogP contribution >= 0.6 is 11.6 Å². The number of para-hydroxylation sites is 1. The van der Waals surface area contributed by atoms with Gasteiger partial charge in [-0.25, -0.2) is 4.79 Å². The van der Waals surface area contributed by atoms with Crippen molar-refractivity contribution in [2.24, 2.45) is 0 Å². The van der Waals surface area contributed by atoms with E-state index < -0.39 is 5.97 Å². The number of hydrogen-bond donors (Lipinski definition) is 2. The monoisotopic (exact) mass is 444 g/mol. The third kappa shape index (κ3) is 3.92. The number of benzene rings is 3. The number of hydrogen-bond acceptors (Lipinski definition) is 2. The van der Waals surface area contributed by atoms with Gasteiger partial charge < -0.3 is 15.0 Å². The summed E-state index contributed by atoms with van der Waals surface area (Å²) in [7, 11) is 0. The molecule has 1 heterocycles. The van der Waals surface area contributed by atoms with Gasteiger partial charge in [-0.15, -0.1) is 0 Å². The van der Waals surface area contributed by atoms with E-state index in [-0.39, 0.29) is 6.04 Å². The predicted octanol–water partition coefficient (Wildman–Crippen LogP) is 6.21. The molecule has 0 saturated heterocycles. The Morgan fingerprint density at radius 3 is 2.72 bits per heavy atom. The zero-order valence-corrected chi connectivity index (χ0v) is 18.5. The number of rotatable bonds is 6. The molecule has 2 N–H and O–H groups in total. The van der Waals surface area contributed by atoms with Crippen LogP contribution in [-0.2, 0) is 19.5 Å². The predicted molar refractivity (Wildman–Crippen MR) is 128 cm³/mol. The lowest BCUT2D eigenvalue weighted by atomic mass is 9.87. The van der Waals surface area contributed by atoms with Crippen LogP contribution in [0.3, 0.4) is 0 Å². The smallest absolute Gasteiger partial charge is 0.352 e. The van der Waals surface area contributed by atoms with Crippen LogP contribution in [-0.4, -0.2) is 15.6 Å². The van der Waals surface area contributed by atoms with Gasteiger partial charge in [0.25, 0.3) is 0 Å². The normalized spacial score (nSPS) is 15.6. The first-order valence-corrected chi connectivity index (χ1v) is 11.4. The largest absolute Gasteiger partial charge is 0.477 e. The van der Waals surface area contributed by atoms with Gasteiger partial charge in [0, 0.05) is 40.6 Å². The molecule has 0 bridgehead atoms. The van der Waals surface area contributed by atoms with Gasteiger partial charge in [-0.3, -0.25) is 0 Å². The van der Waals surface area contributed by atoms with Crippen molar-refractivity contribution in [2.45, 2.75) is 38.4 Å². The standard InChI is InChI=1S/C27H25ClN2O2/c28-20-10-5-7-18(15-20)17-30-25-14-4-3-12-22(25)23(26(30)27(31)32)16-29-24-13-6-9-19-8-1-2-11-21(19)24/h1-5,7-8,10-12,14-15,24,29H,6,9,13,16-17H2,(H,31,32)/t24-/m1/s1. The van der Waals surface area contributed by atoms with Crippen molar-refractivity contribution in [3.05, 3.63) is 106 Å². The van der Waals surface area contributed by atoms with Crippen LogP contribution in [0.25, 0.3) is 10.9 Å². The number of nitrogens with zero attached hydrogens (tertiary/aromatic N) is 1. The van der Waals surface area contributed by atoms with Gasteiger partial charge in [-0.1, -0.05) is 66.2 Å². The van der Waals surface area contributed by atoms with Crippen LogP contribution in [0.5, 0.6) is 0 Å². The molecule has 0 amide bonds. The molecule has 5 heteroatoms. The summed E-state index contributed by atoms with van der Waals surface area (Å²) in [6.45, 7) is 0.957. The second-order valence-corrected chi connectivity index (χ2v) is 8.83. The first kappa shape index (κ1) is 20.8. The summed E-state index contributed by atoms with van der Waals surface area (Å²) in [5.74, 6) is -0.913. The maximum atomic E-state index is 12.4. The SMILES string of the molecule is O=C(O)c1c(CN[C@@H]2CCCc3ccccc32)c2ccccc2n1Cc1cccc(Cl)c1. The highest BCUT2D eigenvalue weighted by molar-refractivity contribution is 6.30. The molecule has 5 rings (SSSR count). The highest BCUT2D eigenvalue weighted by Crippen LogP contribution is 2.32. The molecule has 0 aliphatic heterocycles. The Balaban J connectivity index is 1.53. The average Bonchev–Trinajstić information content (AvgIpc) is 3.11. The van der Waals surface area contributed by atoms with Crippen molar-refractivity contribution < 1.29 is 9.90 Å². The third-order valence-corrected chi connectivity index (χ3v) is 6.64. The number of carbonyl (C=O) groups is 1. The fourth-order valence-electron chi connectivity index (χ4n) is 4.97. The molecule has 0 unspecified atom stereocenters. The molecule has 1 atom stereocenters. The topological polar surface area (TPSA) is 54.3 Å². The summed E-state index contributed by atoms with van der Waals surface area (Å²) in [5, 5.41) is 15.5. The van der Waals surface area contributed by atoms with E-state index in [2.05, 4.69) is 29.6 Å². The maximum Gasteiger partial charge on any atom is 0.352 e. The molecular formula is C27H25ClN2O2. The van der Waals surface area contributed by atoms with E-state index in [0.717, 1.165) is 41.3 Å². The Bertz CT molecular complexity index is 1290. The number of fused-ring (bicyclic) bond motifs is 2. The second-order valence-electron chi connectivity index (χ2n) is 8.39. The summed E-state index contributed by atoms with van der Waals surface area (Å²) in [6.07, 6.45) is 3.30. The summed E-state index contributed by atoms with van der Waals surface area (Å²) in [6, 6.07) is 24.3. The Labute approximate surface area is 192 Å². The van der Waals surface area contributed by atoms with E-state index in [1.807, 2.05) is 53.1 Å². The van der Waals surface area contributed by atoms with E-state index in [1.54, 1.807) is 0 Å². The quantitative estimate of drug-likeness (QED) is 0.371. The van der Waals surface area contributed by atoms with Crippen molar-refractivity contribution in [2.75, 3.05) is 0 Å². The van der Waals surface area contributed by atoms with Gasteiger partial charge >= 0.3 is 5.97 Å². The van der Waals surface area contributed by atoms with Gasteiger partial charge in [0.2, 0.25) is 0 Å². The van der Waals surface area contributed by atoms with Gasteiger partial charge in [0.05, 0.1) is 0 Å². The molecule has 4 nitrogen and oxygen atoms in total. The Morgan fingerprint density at radius 1 is 1.06 bits per heavy atom. The first-order chi connectivity index (χ1) is 15.6. The Kier molecular flexibility index (Phi) is 5.73. The molecule has 0 saturated carbocycles. The number of aromatic carboxylic acids is 1. The Hall–Kier alpha value is -3.08. The first-order valence-electron chi connectivity index (χ1n) is 11.0. The van der Waals surface area contributed by atoms with Gasteiger partial charge in [0.15, 0.2) is 0 Å². The highest BCUT2D eigenvalue weighted by Gasteiger charge is 2.25. The molecule has 0 radical (unpaired) electrons. The summed E-state index contributed by atoms with van der Waals surface area (Å²) in [4.78, 5) is 12.4. The van der Waals surface area contributed by atoms with Gasteiger partial charge in [-0.05, 0) is 54.2 Å². The van der Waals surface area contributed by atoms with Crippen LogP contribution in [0, 0.1) is 0 Å². The molecule has 1 aliphatic carbocycles. The van der Waals surface area contributed by atoms with Crippen LogP contribution in [0.4, 0.5) is 0 Å². The summed E-state index contributed by atoms with van der Waals surface area (Å²) < 4.78 is 1.90. The lowest BCUT2D eigenvalue weighted by Gasteiger charge is -2.26. The maximum absolute atomic E-state index is 12.4. The van der Waals surface area contributed by atoms with E-state index in [4.69, 9.17) is 11.6 Å². The number of aromatic nitrogens is 1. The van der Waals surface area contributed by atoms with Crippen LogP contribution < -0.4 is 5.32 Å². The molecule has 32 heavy (non-hydrogen) atoms. The molecule has 3 aromatic carbocycles. The zero-order chi connectivity index (χ0) is 22.1. The molecule has 1 aromatic heterocycles. The van der Waals surface area contributed by atoms with Gasteiger partial charge in [-0.2, -0.15) is 0 Å². The zero-order valence-electron chi connectivity index (χ0n) is 17.7. The molecule has 1 aliphatic rings. The van der Waals surface area contributed by atoms with Crippen molar-refractivity contribution in [3.63, 3.8) is 0 Å². The van der Waals surface area contributed by atoms with Gasteiger partial charge in [0.1, 0.15) is 5.69 Å². The molecule has 162 valence electrons. The number of aryl methyl sites for hydroxylation is 1. The second kappa shape index (κ2) is 8.81. The summed E-state index contributed by atoms with van der Waals surface area (Å²) >= 11 is 6.18. The number of carboxylic acid groups (broad SMARTS) is 1. The minimum Gasteiger partial charge on any atom is -0.477 e. The highest BCUT2D eigenvalue weighted by atomic mass is 35.5. The molecular weight excluding hydrogens is 420 g/mol. The third-order valence-electron chi connectivity index (χ3n) is 6.40. The van der Waals surface area contributed by atoms with E-state index in [0.29, 0.717) is 23.8 Å². The molecule has 0 fully saturated rings. The lowest BCUT2D eigenvalue weighted by Crippen LogP contribution is -2.25. The minimum atomic E-state index is -0.913. The van der Waals surface area contributed by atoms with Crippen molar-refractivity contribution in [1.29, 1.82) is 0 Å². The number of nitrogens with one attached hydrogen (secondary N) is 1. The fraction of sp³-hybridized carbons (Fsp3) is 0.222. The molecule has 4 aromatic rings. The van der Waals surface area contributed by atoms with Crippen LogP contribution in [0.1, 0.15) is 51.6 Å². The molecule has 0 spiro atoms. The number of carboxylic acids is 1. The average molecular weight is 445 g/mol. The Morgan fingerprint density at radius 2 is 1.88 bits per heavy atom. The van der Waals surface area contributed by atoms with E-state index in [1.165, 1.54) is 11.1 Å². The lowest BCUT2D eigenvalue weighted by molar-refractivity contribution is 0.0684. The minimum absolute atomic E-state index is 0.233. The fourth-order valence-corrected chi connectivity index (χ4v) is 5.18. The van der Waals surface area contributed by atoms with E-state index in [9.17, 15) is 9.90 Å². The van der Waals surface area contributed by atoms with Crippen molar-refractivity contribution in [3.8, 4) is 0 Å². The van der Waals surface area contributed by atoms with Crippen molar-refractivity contribution in [1.82, 2.24) is 9.88 Å².